The van der Waals surface area contributed by atoms with Gasteiger partial charge in [0.25, 0.3) is 5.91 Å². The minimum Gasteiger partial charge on any atom is -0.490 e. The van der Waals surface area contributed by atoms with Gasteiger partial charge in [-0.15, -0.1) is 0 Å². The number of amides is 1. The SMILES string of the molecule is CCOc1cc(CNC(C)CCc2ccccc2)c(Cl)cc1OCC(=O)NC(C)(C)C. The summed E-state index contributed by atoms with van der Waals surface area (Å²) in [7, 11) is 0. The molecule has 0 heterocycles. The second-order valence-corrected chi connectivity index (χ2v) is 9.12. The van der Waals surface area contributed by atoms with E-state index in [1.54, 1.807) is 6.07 Å². The van der Waals surface area contributed by atoms with Crippen molar-refractivity contribution in [2.75, 3.05) is 13.2 Å². The molecule has 0 fully saturated rings. The van der Waals surface area contributed by atoms with E-state index in [0.717, 1.165) is 18.4 Å². The molecular formula is C25H35ClN2O3. The minimum absolute atomic E-state index is 0.0954. The normalized spacial score (nSPS) is 12.3. The predicted molar refractivity (Wildman–Crippen MR) is 127 cm³/mol. The van der Waals surface area contributed by atoms with Crippen LogP contribution in [0.15, 0.2) is 42.5 Å². The van der Waals surface area contributed by atoms with Gasteiger partial charge >= 0.3 is 0 Å². The fourth-order valence-corrected chi connectivity index (χ4v) is 3.33. The lowest BCUT2D eigenvalue weighted by Crippen LogP contribution is -2.43. The van der Waals surface area contributed by atoms with Crippen LogP contribution in [0.25, 0.3) is 0 Å². The van der Waals surface area contributed by atoms with Crippen molar-refractivity contribution in [2.45, 2.75) is 65.6 Å². The van der Waals surface area contributed by atoms with Crippen molar-refractivity contribution in [3.63, 3.8) is 0 Å². The van der Waals surface area contributed by atoms with Gasteiger partial charge in [0.1, 0.15) is 0 Å². The summed E-state index contributed by atoms with van der Waals surface area (Å²) >= 11 is 6.50. The number of benzene rings is 2. The lowest BCUT2D eigenvalue weighted by atomic mass is 10.1. The largest absolute Gasteiger partial charge is 0.490 e. The molecule has 0 spiro atoms. The van der Waals surface area contributed by atoms with Gasteiger partial charge in [-0.2, -0.15) is 0 Å². The number of carbonyl (C=O) groups is 1. The van der Waals surface area contributed by atoms with Crippen LogP contribution >= 0.6 is 11.6 Å². The van der Waals surface area contributed by atoms with Crippen LogP contribution in [0.5, 0.6) is 11.5 Å². The van der Waals surface area contributed by atoms with Crippen LogP contribution in [-0.4, -0.2) is 30.7 Å². The third kappa shape index (κ3) is 9.19. The van der Waals surface area contributed by atoms with Crippen molar-refractivity contribution in [1.29, 1.82) is 0 Å². The summed E-state index contributed by atoms with van der Waals surface area (Å²) in [5, 5.41) is 6.99. The summed E-state index contributed by atoms with van der Waals surface area (Å²) in [4.78, 5) is 12.1. The Bertz CT molecular complexity index is 835. The Kier molecular flexibility index (Phi) is 9.66. The average molecular weight is 447 g/mol. The first-order chi connectivity index (χ1) is 14.7. The molecule has 1 atom stereocenters. The van der Waals surface area contributed by atoms with Gasteiger partial charge in [0.15, 0.2) is 18.1 Å². The molecule has 2 rings (SSSR count). The minimum atomic E-state index is -0.312. The topological polar surface area (TPSA) is 59.6 Å². The lowest BCUT2D eigenvalue weighted by molar-refractivity contribution is -0.124. The fourth-order valence-electron chi connectivity index (χ4n) is 3.11. The van der Waals surface area contributed by atoms with Crippen molar-refractivity contribution in [1.82, 2.24) is 10.6 Å². The molecule has 2 aromatic rings. The van der Waals surface area contributed by atoms with Gasteiger partial charge < -0.3 is 20.1 Å². The van der Waals surface area contributed by atoms with Crippen molar-refractivity contribution in [2.24, 2.45) is 0 Å². The molecule has 1 amide bonds. The maximum absolute atomic E-state index is 12.1. The zero-order valence-corrected chi connectivity index (χ0v) is 20.0. The van der Waals surface area contributed by atoms with E-state index in [0.29, 0.717) is 35.7 Å². The van der Waals surface area contributed by atoms with Gasteiger partial charge in [-0.05, 0) is 64.7 Å². The second-order valence-electron chi connectivity index (χ2n) is 8.72. The van der Waals surface area contributed by atoms with E-state index >= 15 is 0 Å². The molecule has 6 heteroatoms. The molecule has 1 unspecified atom stereocenters. The van der Waals surface area contributed by atoms with Gasteiger partial charge in [0, 0.05) is 29.2 Å². The third-order valence-corrected chi connectivity index (χ3v) is 4.99. The Morgan fingerprint density at radius 3 is 2.42 bits per heavy atom. The van der Waals surface area contributed by atoms with Crippen LogP contribution in [-0.2, 0) is 17.8 Å². The molecule has 0 saturated heterocycles. The molecule has 2 aromatic carbocycles. The van der Waals surface area contributed by atoms with Crippen molar-refractivity contribution < 1.29 is 14.3 Å². The van der Waals surface area contributed by atoms with Gasteiger partial charge in [-0.25, -0.2) is 0 Å². The smallest absolute Gasteiger partial charge is 0.258 e. The van der Waals surface area contributed by atoms with Crippen LogP contribution in [0, 0.1) is 0 Å². The Morgan fingerprint density at radius 1 is 1.10 bits per heavy atom. The number of hydrogen-bond donors (Lipinski definition) is 2. The summed E-state index contributed by atoms with van der Waals surface area (Å²) in [5.41, 5.74) is 1.96. The van der Waals surface area contributed by atoms with E-state index in [-0.39, 0.29) is 18.1 Å². The maximum Gasteiger partial charge on any atom is 0.258 e. The summed E-state index contributed by atoms with van der Waals surface area (Å²) < 4.78 is 11.4. The standard InChI is InChI=1S/C25H35ClN2O3/c1-6-30-22-14-20(16-27-18(2)12-13-19-10-8-7-9-11-19)21(26)15-23(22)31-17-24(29)28-25(3,4)5/h7-11,14-15,18,27H,6,12-13,16-17H2,1-5H3,(H,28,29). The molecule has 0 aliphatic heterocycles. The number of hydrogen-bond acceptors (Lipinski definition) is 4. The summed E-state index contributed by atoms with van der Waals surface area (Å²) in [6.07, 6.45) is 2.06. The Morgan fingerprint density at radius 2 is 1.77 bits per heavy atom. The lowest BCUT2D eigenvalue weighted by Gasteiger charge is -2.21. The highest BCUT2D eigenvalue weighted by Crippen LogP contribution is 2.33. The predicted octanol–water partition coefficient (Wildman–Crippen LogP) is 5.14. The molecule has 0 aromatic heterocycles. The van der Waals surface area contributed by atoms with E-state index < -0.39 is 0 Å². The first-order valence-electron chi connectivity index (χ1n) is 10.8. The van der Waals surface area contributed by atoms with Crippen LogP contribution in [0.4, 0.5) is 0 Å². The van der Waals surface area contributed by atoms with Crippen LogP contribution in [0.2, 0.25) is 5.02 Å². The highest BCUT2D eigenvalue weighted by atomic mass is 35.5. The molecule has 170 valence electrons. The van der Waals surface area contributed by atoms with Gasteiger partial charge in [0.2, 0.25) is 0 Å². The molecule has 0 saturated carbocycles. The number of ether oxygens (including phenoxy) is 2. The number of halogens is 1. The molecule has 0 aliphatic rings. The van der Waals surface area contributed by atoms with Crippen LogP contribution in [0.1, 0.15) is 52.2 Å². The van der Waals surface area contributed by atoms with Gasteiger partial charge in [-0.3, -0.25) is 4.79 Å². The highest BCUT2D eigenvalue weighted by molar-refractivity contribution is 6.31. The second kappa shape index (κ2) is 12.0. The summed E-state index contributed by atoms with van der Waals surface area (Å²) in [5.74, 6) is 0.866. The van der Waals surface area contributed by atoms with Crippen LogP contribution < -0.4 is 20.1 Å². The average Bonchev–Trinajstić information content (AvgIpc) is 2.71. The van der Waals surface area contributed by atoms with E-state index in [9.17, 15) is 4.79 Å². The van der Waals surface area contributed by atoms with Crippen molar-refractivity contribution in [3.05, 3.63) is 58.6 Å². The fraction of sp³-hybridized carbons (Fsp3) is 0.480. The Balaban J connectivity index is 1.96. The number of aryl methyl sites for hydroxylation is 1. The summed E-state index contributed by atoms with van der Waals surface area (Å²) in [6.45, 7) is 10.9. The van der Waals surface area contributed by atoms with E-state index in [1.165, 1.54) is 5.56 Å². The Hall–Kier alpha value is -2.24. The summed E-state index contributed by atoms with van der Waals surface area (Å²) in [6, 6.07) is 14.4. The highest BCUT2D eigenvalue weighted by Gasteiger charge is 2.17. The third-order valence-electron chi connectivity index (χ3n) is 4.64. The van der Waals surface area contributed by atoms with Crippen molar-refractivity contribution >= 4 is 17.5 Å². The Labute approximate surface area is 191 Å². The first kappa shape index (κ1) is 25.0. The monoisotopic (exact) mass is 446 g/mol. The molecule has 2 N–H and O–H groups in total. The first-order valence-corrected chi connectivity index (χ1v) is 11.2. The molecule has 0 radical (unpaired) electrons. The van der Waals surface area contributed by atoms with E-state index in [1.807, 2.05) is 39.8 Å². The van der Waals surface area contributed by atoms with E-state index in [4.69, 9.17) is 21.1 Å². The number of rotatable bonds is 11. The van der Waals surface area contributed by atoms with E-state index in [2.05, 4.69) is 41.8 Å². The quantitative estimate of drug-likeness (QED) is 0.501. The molecule has 5 nitrogen and oxygen atoms in total. The van der Waals surface area contributed by atoms with Gasteiger partial charge in [0.05, 0.1) is 6.61 Å². The van der Waals surface area contributed by atoms with Crippen molar-refractivity contribution in [3.8, 4) is 11.5 Å². The van der Waals surface area contributed by atoms with Crippen LogP contribution in [0.3, 0.4) is 0 Å². The van der Waals surface area contributed by atoms with Gasteiger partial charge in [-0.1, -0.05) is 41.9 Å². The molecule has 31 heavy (non-hydrogen) atoms. The number of nitrogens with one attached hydrogen (secondary N) is 2. The maximum atomic E-state index is 12.1. The zero-order valence-electron chi connectivity index (χ0n) is 19.3. The molecular weight excluding hydrogens is 412 g/mol. The molecule has 0 aliphatic carbocycles. The molecule has 0 bridgehead atoms. The zero-order chi connectivity index (χ0) is 22.9. The number of carbonyl (C=O) groups excluding carboxylic acids is 1.